The smallest absolute Gasteiger partial charge is 0.338 e. The minimum Gasteiger partial charge on any atom is -0.451 e. The number of esters is 1. The van der Waals surface area contributed by atoms with Gasteiger partial charge >= 0.3 is 5.97 Å². The van der Waals surface area contributed by atoms with E-state index < -0.39 is 6.10 Å². The third kappa shape index (κ3) is 4.17. The zero-order chi connectivity index (χ0) is 18.0. The molecule has 7 nitrogen and oxygen atoms in total. The molecule has 0 radical (unpaired) electrons. The molecule has 0 saturated carbocycles. The van der Waals surface area contributed by atoms with E-state index in [0.29, 0.717) is 17.2 Å². The van der Waals surface area contributed by atoms with Crippen LogP contribution in [0.3, 0.4) is 0 Å². The highest BCUT2D eigenvalue weighted by molar-refractivity contribution is 5.90. The Kier molecular flexibility index (Phi) is 5.03. The van der Waals surface area contributed by atoms with E-state index in [1.165, 1.54) is 0 Å². The molecule has 134 valence electrons. The van der Waals surface area contributed by atoms with Gasteiger partial charge in [0, 0.05) is 18.8 Å². The molecular formula is C18H24N4O3. The summed E-state index contributed by atoms with van der Waals surface area (Å²) in [6.45, 7) is 9.38. The first kappa shape index (κ1) is 17.4. The molecule has 1 aliphatic heterocycles. The molecule has 1 aliphatic rings. The van der Waals surface area contributed by atoms with Crippen molar-refractivity contribution >= 4 is 11.7 Å². The lowest BCUT2D eigenvalue weighted by atomic mass is 10.1. The van der Waals surface area contributed by atoms with E-state index >= 15 is 0 Å². The van der Waals surface area contributed by atoms with E-state index in [9.17, 15) is 4.79 Å². The van der Waals surface area contributed by atoms with Gasteiger partial charge in [-0.3, -0.25) is 5.10 Å². The Morgan fingerprint density at radius 2 is 1.92 bits per heavy atom. The van der Waals surface area contributed by atoms with E-state index in [1.807, 2.05) is 12.1 Å². The summed E-state index contributed by atoms with van der Waals surface area (Å²) in [7, 11) is 0. The van der Waals surface area contributed by atoms with Crippen molar-refractivity contribution in [3.63, 3.8) is 0 Å². The van der Waals surface area contributed by atoms with Gasteiger partial charge in [0.05, 0.1) is 17.8 Å². The van der Waals surface area contributed by atoms with Gasteiger partial charge in [-0.25, -0.2) is 9.78 Å². The van der Waals surface area contributed by atoms with Gasteiger partial charge < -0.3 is 14.4 Å². The number of carbonyl (C=O) groups excluding carboxylic acids is 1. The number of carbonyl (C=O) groups is 1. The number of anilines is 1. The molecule has 3 rings (SSSR count). The number of benzene rings is 1. The number of hydrogen-bond donors (Lipinski definition) is 1. The molecule has 1 fully saturated rings. The van der Waals surface area contributed by atoms with Crippen LogP contribution in [-0.4, -0.2) is 46.4 Å². The number of rotatable bonds is 4. The SMILES string of the molecule is Cc1nc(C(C)OC(=O)c2ccc(N3CC(C)OC(C)C3)cc2)n[nH]1. The van der Waals surface area contributed by atoms with Gasteiger partial charge in [-0.1, -0.05) is 0 Å². The molecule has 2 aromatic rings. The summed E-state index contributed by atoms with van der Waals surface area (Å²) >= 11 is 0. The molecule has 1 saturated heterocycles. The number of aromatic amines is 1. The average Bonchev–Trinajstić information content (AvgIpc) is 3.00. The highest BCUT2D eigenvalue weighted by atomic mass is 16.5. The monoisotopic (exact) mass is 344 g/mol. The number of hydrogen-bond acceptors (Lipinski definition) is 6. The minimum atomic E-state index is -0.502. The van der Waals surface area contributed by atoms with E-state index in [2.05, 4.69) is 33.9 Å². The Morgan fingerprint density at radius 1 is 1.28 bits per heavy atom. The Balaban J connectivity index is 1.64. The molecule has 7 heteroatoms. The third-order valence-corrected chi connectivity index (χ3v) is 4.15. The Hall–Kier alpha value is -2.41. The van der Waals surface area contributed by atoms with Gasteiger partial charge in [0.25, 0.3) is 0 Å². The minimum absolute atomic E-state index is 0.194. The standard InChI is InChI=1S/C18H24N4O3/c1-11-9-22(10-12(2)24-11)16-7-5-15(6-8-16)18(23)25-13(3)17-19-14(4)20-21-17/h5-8,11-13H,9-10H2,1-4H3,(H,19,20,21). The molecule has 25 heavy (non-hydrogen) atoms. The van der Waals surface area contributed by atoms with Crippen LogP contribution < -0.4 is 4.90 Å². The maximum absolute atomic E-state index is 12.3. The third-order valence-electron chi connectivity index (χ3n) is 4.15. The number of ether oxygens (including phenoxy) is 2. The van der Waals surface area contributed by atoms with Crippen LogP contribution in [0, 0.1) is 6.92 Å². The predicted octanol–water partition coefficient (Wildman–Crippen LogP) is 2.64. The summed E-state index contributed by atoms with van der Waals surface area (Å²) in [5.74, 6) is 0.778. The molecule has 3 atom stereocenters. The van der Waals surface area contributed by atoms with Crippen molar-refractivity contribution in [1.29, 1.82) is 0 Å². The van der Waals surface area contributed by atoms with Crippen LogP contribution in [0.5, 0.6) is 0 Å². The van der Waals surface area contributed by atoms with Crippen molar-refractivity contribution in [2.45, 2.75) is 46.0 Å². The lowest BCUT2D eigenvalue weighted by Crippen LogP contribution is -2.45. The first-order valence-electron chi connectivity index (χ1n) is 8.52. The fourth-order valence-corrected chi connectivity index (χ4v) is 3.02. The number of nitrogens with one attached hydrogen (secondary N) is 1. The first-order chi connectivity index (χ1) is 11.9. The summed E-state index contributed by atoms with van der Waals surface area (Å²) in [5, 5.41) is 6.77. The zero-order valence-electron chi connectivity index (χ0n) is 15.0. The molecule has 1 aromatic heterocycles. The van der Waals surface area contributed by atoms with Crippen LogP contribution in [0.1, 0.15) is 48.9 Å². The van der Waals surface area contributed by atoms with E-state index in [1.54, 1.807) is 26.0 Å². The van der Waals surface area contributed by atoms with Crippen LogP contribution in [0.15, 0.2) is 24.3 Å². The van der Waals surface area contributed by atoms with Crippen molar-refractivity contribution in [3.8, 4) is 0 Å². The summed E-state index contributed by atoms with van der Waals surface area (Å²) in [6.07, 6.45) is -0.115. The zero-order valence-corrected chi connectivity index (χ0v) is 15.0. The predicted molar refractivity (Wildman–Crippen MR) is 93.6 cm³/mol. The summed E-state index contributed by atoms with van der Waals surface area (Å²) < 4.78 is 11.2. The number of nitrogens with zero attached hydrogens (tertiary/aromatic N) is 3. The highest BCUT2D eigenvalue weighted by Crippen LogP contribution is 2.22. The Bertz CT molecular complexity index is 718. The fourth-order valence-electron chi connectivity index (χ4n) is 3.02. The van der Waals surface area contributed by atoms with Gasteiger partial charge in [0.1, 0.15) is 5.82 Å². The van der Waals surface area contributed by atoms with Crippen LogP contribution in [-0.2, 0) is 9.47 Å². The number of aryl methyl sites for hydroxylation is 1. The number of morpholine rings is 1. The number of aromatic nitrogens is 3. The van der Waals surface area contributed by atoms with Gasteiger partial charge in [0.2, 0.25) is 0 Å². The Morgan fingerprint density at radius 3 is 2.48 bits per heavy atom. The fraction of sp³-hybridized carbons (Fsp3) is 0.500. The summed E-state index contributed by atoms with van der Waals surface area (Å²) in [4.78, 5) is 18.8. The molecule has 3 unspecified atom stereocenters. The van der Waals surface area contributed by atoms with Crippen molar-refractivity contribution < 1.29 is 14.3 Å². The van der Waals surface area contributed by atoms with E-state index in [0.717, 1.165) is 18.8 Å². The van der Waals surface area contributed by atoms with Crippen molar-refractivity contribution in [1.82, 2.24) is 15.2 Å². The van der Waals surface area contributed by atoms with E-state index in [-0.39, 0.29) is 18.2 Å². The second-order valence-corrected chi connectivity index (χ2v) is 6.54. The molecule has 1 aromatic carbocycles. The van der Waals surface area contributed by atoms with Crippen LogP contribution >= 0.6 is 0 Å². The van der Waals surface area contributed by atoms with Gasteiger partial charge in [-0.2, -0.15) is 5.10 Å². The molecule has 0 aliphatic carbocycles. The topological polar surface area (TPSA) is 80.3 Å². The van der Waals surface area contributed by atoms with Crippen molar-refractivity contribution in [3.05, 3.63) is 41.5 Å². The second-order valence-electron chi connectivity index (χ2n) is 6.54. The largest absolute Gasteiger partial charge is 0.451 e. The normalized spacial score (nSPS) is 21.8. The second kappa shape index (κ2) is 7.23. The maximum Gasteiger partial charge on any atom is 0.338 e. The molecule has 0 amide bonds. The lowest BCUT2D eigenvalue weighted by Gasteiger charge is -2.36. The van der Waals surface area contributed by atoms with E-state index in [4.69, 9.17) is 9.47 Å². The molecule has 0 bridgehead atoms. The van der Waals surface area contributed by atoms with Gasteiger partial charge in [-0.15, -0.1) is 0 Å². The van der Waals surface area contributed by atoms with Crippen molar-refractivity contribution in [2.24, 2.45) is 0 Å². The van der Waals surface area contributed by atoms with Crippen LogP contribution in [0.4, 0.5) is 5.69 Å². The Labute approximate surface area is 147 Å². The van der Waals surface area contributed by atoms with Gasteiger partial charge in [0.15, 0.2) is 11.9 Å². The molecule has 2 heterocycles. The average molecular weight is 344 g/mol. The first-order valence-corrected chi connectivity index (χ1v) is 8.52. The highest BCUT2D eigenvalue weighted by Gasteiger charge is 2.23. The maximum atomic E-state index is 12.3. The summed E-state index contributed by atoms with van der Waals surface area (Å²) in [6, 6.07) is 7.47. The lowest BCUT2D eigenvalue weighted by molar-refractivity contribution is -0.00523. The molecule has 0 spiro atoms. The van der Waals surface area contributed by atoms with Crippen LogP contribution in [0.25, 0.3) is 0 Å². The van der Waals surface area contributed by atoms with Gasteiger partial charge in [-0.05, 0) is 52.0 Å². The number of H-pyrrole nitrogens is 1. The molecule has 1 N–H and O–H groups in total. The van der Waals surface area contributed by atoms with Crippen molar-refractivity contribution in [2.75, 3.05) is 18.0 Å². The van der Waals surface area contributed by atoms with Crippen LogP contribution in [0.2, 0.25) is 0 Å². The molecular weight excluding hydrogens is 320 g/mol. The quantitative estimate of drug-likeness (QED) is 0.859. The summed E-state index contributed by atoms with van der Waals surface area (Å²) in [5.41, 5.74) is 1.59.